The van der Waals surface area contributed by atoms with Crippen LogP contribution in [0.5, 0.6) is 5.75 Å². The van der Waals surface area contributed by atoms with Crippen LogP contribution in [0.3, 0.4) is 0 Å². The number of anilines is 3. The predicted molar refractivity (Wildman–Crippen MR) is 145 cm³/mol. The van der Waals surface area contributed by atoms with E-state index in [0.717, 1.165) is 24.3 Å². The second kappa shape index (κ2) is 12.8. The Kier molecular flexibility index (Phi) is 8.70. The third-order valence-corrected chi connectivity index (χ3v) is 5.47. The van der Waals surface area contributed by atoms with Gasteiger partial charge < -0.3 is 20.7 Å². The van der Waals surface area contributed by atoms with E-state index in [-0.39, 0.29) is 18.4 Å². The number of benzene rings is 4. The summed E-state index contributed by atoms with van der Waals surface area (Å²) in [6, 6.07) is 34.0. The number of nitrogens with one attached hydrogen (secondary N) is 3. The molecule has 0 saturated carbocycles. The molecule has 3 N–H and O–H groups in total. The lowest BCUT2D eigenvalue weighted by Gasteiger charge is -2.11. The number of hydrogen-bond donors (Lipinski definition) is 3. The lowest BCUT2D eigenvalue weighted by atomic mass is 10.1. The van der Waals surface area contributed by atoms with E-state index in [2.05, 4.69) is 28.1 Å². The van der Waals surface area contributed by atoms with Crippen molar-refractivity contribution in [2.75, 3.05) is 29.1 Å². The lowest BCUT2D eigenvalue weighted by molar-refractivity contribution is -0.114. The van der Waals surface area contributed by atoms with Crippen molar-refractivity contribution in [3.05, 3.63) is 120 Å². The highest BCUT2D eigenvalue weighted by Gasteiger charge is 2.07. The van der Waals surface area contributed by atoms with Gasteiger partial charge in [0.25, 0.3) is 5.91 Å². The second-order valence-corrected chi connectivity index (χ2v) is 8.26. The van der Waals surface area contributed by atoms with Gasteiger partial charge >= 0.3 is 0 Å². The fourth-order valence-electron chi connectivity index (χ4n) is 3.63. The van der Waals surface area contributed by atoms with E-state index in [1.54, 1.807) is 24.3 Å². The van der Waals surface area contributed by atoms with Gasteiger partial charge in [-0.1, -0.05) is 54.6 Å². The largest absolute Gasteiger partial charge is 0.494 e. The predicted octanol–water partition coefficient (Wildman–Crippen LogP) is 6.00. The SMILES string of the molecule is O=C(CNc1cccc(NC(=O)c2ccccc2)c1)Nc1ccc(OCCCc2ccccc2)cc1. The standard InChI is InChI=1S/C30H29N3O3/c34-29(22-31-26-14-7-15-27(21-26)33-30(35)24-12-5-2-6-13-24)32-25-16-18-28(19-17-25)36-20-8-11-23-9-3-1-4-10-23/h1-7,9-10,12-19,21,31H,8,11,20,22H2,(H,32,34)(H,33,35). The molecule has 6 heteroatoms. The van der Waals surface area contributed by atoms with Crippen LogP contribution in [0.1, 0.15) is 22.3 Å². The van der Waals surface area contributed by atoms with Gasteiger partial charge in [0.1, 0.15) is 5.75 Å². The summed E-state index contributed by atoms with van der Waals surface area (Å²) in [5, 5.41) is 8.83. The maximum absolute atomic E-state index is 12.4. The molecule has 0 aliphatic rings. The van der Waals surface area contributed by atoms with Gasteiger partial charge in [-0.05, 0) is 73.0 Å². The number of carbonyl (C=O) groups is 2. The number of hydrogen-bond acceptors (Lipinski definition) is 4. The fraction of sp³-hybridized carbons (Fsp3) is 0.133. The third-order valence-electron chi connectivity index (χ3n) is 5.47. The van der Waals surface area contributed by atoms with E-state index >= 15 is 0 Å². The van der Waals surface area contributed by atoms with Gasteiger partial charge in [0, 0.05) is 22.6 Å². The summed E-state index contributed by atoms with van der Waals surface area (Å²) in [4.78, 5) is 24.7. The minimum absolute atomic E-state index is 0.0911. The van der Waals surface area contributed by atoms with Crippen molar-refractivity contribution in [2.24, 2.45) is 0 Å². The van der Waals surface area contributed by atoms with Gasteiger partial charge in [0.15, 0.2) is 0 Å². The first-order valence-corrected chi connectivity index (χ1v) is 11.9. The average Bonchev–Trinajstić information content (AvgIpc) is 2.92. The average molecular weight is 480 g/mol. The molecule has 0 atom stereocenters. The van der Waals surface area contributed by atoms with Crippen LogP contribution in [0.15, 0.2) is 109 Å². The summed E-state index contributed by atoms with van der Waals surface area (Å²) in [6.07, 6.45) is 1.91. The van der Waals surface area contributed by atoms with Crippen LogP contribution in [-0.2, 0) is 11.2 Å². The Morgan fingerprint density at radius 1 is 0.667 bits per heavy atom. The van der Waals surface area contributed by atoms with E-state index < -0.39 is 0 Å². The molecule has 0 bridgehead atoms. The molecule has 4 aromatic rings. The van der Waals surface area contributed by atoms with Crippen molar-refractivity contribution in [3.8, 4) is 5.75 Å². The maximum Gasteiger partial charge on any atom is 0.255 e. The first kappa shape index (κ1) is 24.5. The first-order valence-electron chi connectivity index (χ1n) is 11.9. The minimum atomic E-state index is -0.186. The Balaban J connectivity index is 1.19. The maximum atomic E-state index is 12.4. The third kappa shape index (κ3) is 7.74. The summed E-state index contributed by atoms with van der Waals surface area (Å²) in [5.74, 6) is 0.410. The molecule has 0 aliphatic heterocycles. The summed E-state index contributed by atoms with van der Waals surface area (Å²) in [7, 11) is 0. The second-order valence-electron chi connectivity index (χ2n) is 8.26. The highest BCUT2D eigenvalue weighted by atomic mass is 16.5. The Morgan fingerprint density at radius 3 is 2.11 bits per heavy atom. The van der Waals surface area contributed by atoms with Gasteiger partial charge in [0.05, 0.1) is 13.2 Å². The van der Waals surface area contributed by atoms with E-state index in [4.69, 9.17) is 4.74 Å². The van der Waals surface area contributed by atoms with Crippen LogP contribution in [-0.4, -0.2) is 25.0 Å². The Labute approximate surface area is 211 Å². The molecule has 0 aliphatic carbocycles. The highest BCUT2D eigenvalue weighted by molar-refractivity contribution is 6.04. The van der Waals surface area contributed by atoms with Crippen molar-refractivity contribution < 1.29 is 14.3 Å². The molecule has 0 unspecified atom stereocenters. The molecule has 0 radical (unpaired) electrons. The Morgan fingerprint density at radius 2 is 1.36 bits per heavy atom. The first-order chi connectivity index (χ1) is 17.7. The number of rotatable bonds is 11. The zero-order chi connectivity index (χ0) is 25.0. The van der Waals surface area contributed by atoms with Gasteiger partial charge in [0.2, 0.25) is 5.91 Å². The van der Waals surface area contributed by atoms with Crippen LogP contribution in [0.2, 0.25) is 0 Å². The smallest absolute Gasteiger partial charge is 0.255 e. The molecule has 6 nitrogen and oxygen atoms in total. The lowest BCUT2D eigenvalue weighted by Crippen LogP contribution is -2.21. The van der Waals surface area contributed by atoms with Crippen LogP contribution < -0.4 is 20.7 Å². The Hall–Kier alpha value is -4.58. The van der Waals surface area contributed by atoms with E-state index in [0.29, 0.717) is 23.5 Å². The van der Waals surface area contributed by atoms with Crippen LogP contribution in [0.25, 0.3) is 0 Å². The Bertz CT molecular complexity index is 1260. The van der Waals surface area contributed by atoms with Crippen molar-refractivity contribution >= 4 is 28.9 Å². The van der Waals surface area contributed by atoms with E-state index in [1.807, 2.05) is 72.8 Å². The van der Waals surface area contributed by atoms with Gasteiger partial charge in [-0.3, -0.25) is 9.59 Å². The summed E-state index contributed by atoms with van der Waals surface area (Å²) in [6.45, 7) is 0.725. The summed E-state index contributed by atoms with van der Waals surface area (Å²) < 4.78 is 5.80. The molecule has 4 rings (SSSR count). The molecule has 4 aromatic carbocycles. The van der Waals surface area contributed by atoms with E-state index in [1.165, 1.54) is 5.56 Å². The number of amides is 2. The molecule has 0 fully saturated rings. The summed E-state index contributed by atoms with van der Waals surface area (Å²) >= 11 is 0. The number of ether oxygens (including phenoxy) is 1. The molecule has 0 aromatic heterocycles. The van der Waals surface area contributed by atoms with Gasteiger partial charge in [-0.2, -0.15) is 0 Å². The molecule has 36 heavy (non-hydrogen) atoms. The number of carbonyl (C=O) groups excluding carboxylic acids is 2. The van der Waals surface area contributed by atoms with Gasteiger partial charge in [-0.15, -0.1) is 0 Å². The quantitative estimate of drug-likeness (QED) is 0.231. The van der Waals surface area contributed by atoms with Crippen molar-refractivity contribution in [2.45, 2.75) is 12.8 Å². The molecular formula is C30H29N3O3. The normalized spacial score (nSPS) is 10.3. The monoisotopic (exact) mass is 479 g/mol. The van der Waals surface area contributed by atoms with Gasteiger partial charge in [-0.25, -0.2) is 0 Å². The topological polar surface area (TPSA) is 79.5 Å². The molecule has 0 heterocycles. The zero-order valence-electron chi connectivity index (χ0n) is 19.9. The molecular weight excluding hydrogens is 450 g/mol. The molecule has 2 amide bonds. The molecule has 0 saturated heterocycles. The van der Waals surface area contributed by atoms with Crippen molar-refractivity contribution in [3.63, 3.8) is 0 Å². The van der Waals surface area contributed by atoms with Crippen LogP contribution >= 0.6 is 0 Å². The molecule has 182 valence electrons. The minimum Gasteiger partial charge on any atom is -0.494 e. The molecule has 0 spiro atoms. The highest BCUT2D eigenvalue weighted by Crippen LogP contribution is 2.18. The van der Waals surface area contributed by atoms with Crippen molar-refractivity contribution in [1.29, 1.82) is 0 Å². The summed E-state index contributed by atoms with van der Waals surface area (Å²) in [5.41, 5.74) is 3.96. The van der Waals surface area contributed by atoms with E-state index in [9.17, 15) is 9.59 Å². The van der Waals surface area contributed by atoms with Crippen LogP contribution in [0.4, 0.5) is 17.1 Å². The fourth-order valence-corrected chi connectivity index (χ4v) is 3.63. The van der Waals surface area contributed by atoms with Crippen molar-refractivity contribution in [1.82, 2.24) is 0 Å². The zero-order valence-corrected chi connectivity index (χ0v) is 19.9. The number of aryl methyl sites for hydroxylation is 1. The van der Waals surface area contributed by atoms with Crippen LogP contribution in [0, 0.1) is 0 Å².